The smallest absolute Gasteiger partial charge is 0.0208 e. The second-order valence-electron chi connectivity index (χ2n) is 5.21. The first-order chi connectivity index (χ1) is 13.7. The minimum absolute atomic E-state index is 0.927. The van der Waals surface area contributed by atoms with Gasteiger partial charge in [0.15, 0.2) is 0 Å². The number of rotatable bonds is 12. The zero-order valence-corrected chi connectivity index (χ0v) is 22.5. The maximum absolute atomic E-state index is 4.22. The molecule has 156 valence electrons. The molecule has 0 amide bonds. The summed E-state index contributed by atoms with van der Waals surface area (Å²) in [6.45, 7) is 0. The zero-order valence-electron chi connectivity index (χ0n) is 15.7. The van der Waals surface area contributed by atoms with Crippen molar-refractivity contribution in [1.29, 1.82) is 0 Å². The molecule has 0 aliphatic carbocycles. The van der Waals surface area contributed by atoms with Crippen molar-refractivity contribution in [1.82, 2.24) is 0 Å². The summed E-state index contributed by atoms with van der Waals surface area (Å²) in [6, 6.07) is 17.2. The molecule has 0 radical (unpaired) electrons. The molecule has 0 aliphatic heterocycles. The SMILES string of the molecule is SCCSc1cccc(SCCS)c1.SCCSc1ccccc1SCCS. The van der Waals surface area contributed by atoms with Gasteiger partial charge in [0.05, 0.1) is 0 Å². The first kappa shape index (κ1) is 27.3. The van der Waals surface area contributed by atoms with Crippen LogP contribution in [0.15, 0.2) is 68.1 Å². The molecule has 28 heavy (non-hydrogen) atoms. The first-order valence-corrected chi connectivity index (χ1v) is 15.4. The third-order valence-corrected chi connectivity index (χ3v) is 9.45. The lowest BCUT2D eigenvalue weighted by Crippen LogP contribution is -1.85. The van der Waals surface area contributed by atoms with Gasteiger partial charge in [-0.2, -0.15) is 50.5 Å². The Hall–Kier alpha value is 1.24. The van der Waals surface area contributed by atoms with Gasteiger partial charge in [0.25, 0.3) is 0 Å². The van der Waals surface area contributed by atoms with Gasteiger partial charge >= 0.3 is 0 Å². The quantitative estimate of drug-likeness (QED) is 0.168. The molecule has 0 saturated carbocycles. The molecule has 0 heterocycles. The van der Waals surface area contributed by atoms with E-state index in [4.69, 9.17) is 0 Å². The lowest BCUT2D eigenvalue weighted by atomic mass is 10.4. The molecule has 2 aromatic rings. The molecule has 0 aromatic heterocycles. The maximum atomic E-state index is 4.22. The summed E-state index contributed by atoms with van der Waals surface area (Å²) in [5, 5.41) is 0. The highest BCUT2D eigenvalue weighted by Crippen LogP contribution is 2.30. The monoisotopic (exact) mass is 524 g/mol. The normalized spacial score (nSPS) is 10.4. The van der Waals surface area contributed by atoms with Crippen molar-refractivity contribution in [3.8, 4) is 0 Å². The average molecular weight is 525 g/mol. The Bertz CT molecular complexity index is 585. The summed E-state index contributed by atoms with van der Waals surface area (Å²) >= 11 is 24.3. The second-order valence-corrected chi connectivity index (χ2v) is 11.6. The first-order valence-electron chi connectivity index (χ1n) is 8.88. The highest BCUT2D eigenvalue weighted by atomic mass is 32.2. The highest BCUT2D eigenvalue weighted by molar-refractivity contribution is 8.03. The Labute approximate surface area is 210 Å². The van der Waals surface area contributed by atoms with Gasteiger partial charge in [0.2, 0.25) is 0 Å². The van der Waals surface area contributed by atoms with E-state index < -0.39 is 0 Å². The molecule has 8 heteroatoms. The number of hydrogen-bond acceptors (Lipinski definition) is 8. The molecule has 0 saturated heterocycles. The summed E-state index contributed by atoms with van der Waals surface area (Å²) in [7, 11) is 0. The third kappa shape index (κ3) is 12.8. The molecular weight excluding hydrogens is 497 g/mol. The third-order valence-electron chi connectivity index (χ3n) is 3.07. The standard InChI is InChI=1S/2C10H14S4/c11-4-6-13-9-2-1-3-10(8-9)14-7-5-12;11-5-7-13-9-3-1-2-4-10(9)14-8-6-12/h1-3,8,11-12H,4-7H2;1-4,11-12H,5-8H2. The molecular formula is C20H28S8. The largest absolute Gasteiger partial charge is 0.178 e. The van der Waals surface area contributed by atoms with Gasteiger partial charge in [-0.05, 0) is 53.3 Å². The average Bonchev–Trinajstić information content (AvgIpc) is 2.74. The van der Waals surface area contributed by atoms with Crippen LogP contribution < -0.4 is 0 Å². The van der Waals surface area contributed by atoms with Crippen molar-refractivity contribution >= 4 is 97.6 Å². The van der Waals surface area contributed by atoms with Gasteiger partial charge in [-0.15, -0.1) is 47.0 Å². The number of benzene rings is 2. The van der Waals surface area contributed by atoms with E-state index >= 15 is 0 Å². The topological polar surface area (TPSA) is 0 Å². The summed E-state index contributed by atoms with van der Waals surface area (Å²) in [6.07, 6.45) is 0. The van der Waals surface area contributed by atoms with Crippen LogP contribution in [0.1, 0.15) is 0 Å². The minimum Gasteiger partial charge on any atom is -0.178 e. The minimum atomic E-state index is 0.927. The van der Waals surface area contributed by atoms with Gasteiger partial charge in [-0.25, -0.2) is 0 Å². The zero-order chi connectivity index (χ0) is 20.5. The van der Waals surface area contributed by atoms with E-state index in [1.165, 1.54) is 19.6 Å². The Morgan fingerprint density at radius 1 is 0.500 bits per heavy atom. The summed E-state index contributed by atoms with van der Waals surface area (Å²) in [4.78, 5) is 5.41. The molecule has 0 aliphatic rings. The highest BCUT2D eigenvalue weighted by Gasteiger charge is 2.01. The van der Waals surface area contributed by atoms with Gasteiger partial charge in [-0.3, -0.25) is 0 Å². The van der Waals surface area contributed by atoms with Crippen LogP contribution >= 0.6 is 97.6 Å². The van der Waals surface area contributed by atoms with E-state index in [0.29, 0.717) is 0 Å². The van der Waals surface area contributed by atoms with Crippen LogP contribution in [0, 0.1) is 0 Å². The Morgan fingerprint density at radius 2 is 0.893 bits per heavy atom. The Balaban J connectivity index is 0.000000280. The van der Waals surface area contributed by atoms with Crippen molar-refractivity contribution in [2.24, 2.45) is 0 Å². The van der Waals surface area contributed by atoms with Gasteiger partial charge in [0, 0.05) is 42.6 Å². The number of thioether (sulfide) groups is 4. The predicted octanol–water partition coefficient (Wildman–Crippen LogP) is 7.46. The van der Waals surface area contributed by atoms with Crippen molar-refractivity contribution < 1.29 is 0 Å². The van der Waals surface area contributed by atoms with Crippen LogP contribution in [0.3, 0.4) is 0 Å². The maximum Gasteiger partial charge on any atom is 0.0208 e. The molecule has 0 bridgehead atoms. The fraction of sp³-hybridized carbons (Fsp3) is 0.400. The molecule has 0 fully saturated rings. The molecule has 0 N–H and O–H groups in total. The van der Waals surface area contributed by atoms with Crippen LogP contribution in [0.5, 0.6) is 0 Å². The second kappa shape index (κ2) is 19.0. The van der Waals surface area contributed by atoms with E-state index in [-0.39, 0.29) is 0 Å². The molecule has 0 unspecified atom stereocenters. The van der Waals surface area contributed by atoms with Crippen LogP contribution in [-0.4, -0.2) is 46.0 Å². The number of thiol groups is 4. The number of hydrogen-bond donors (Lipinski definition) is 4. The van der Waals surface area contributed by atoms with Crippen LogP contribution in [0.2, 0.25) is 0 Å². The fourth-order valence-corrected chi connectivity index (χ4v) is 6.32. The lowest BCUT2D eigenvalue weighted by Gasteiger charge is -2.06. The summed E-state index contributed by atoms with van der Waals surface area (Å²) < 4.78 is 0. The van der Waals surface area contributed by atoms with E-state index in [2.05, 4.69) is 99.0 Å². The van der Waals surface area contributed by atoms with E-state index in [1.54, 1.807) is 0 Å². The Kier molecular flexibility index (Phi) is 18.5. The van der Waals surface area contributed by atoms with Gasteiger partial charge in [-0.1, -0.05) is 18.2 Å². The van der Waals surface area contributed by atoms with Gasteiger partial charge in [0.1, 0.15) is 0 Å². The Morgan fingerprint density at radius 3 is 1.29 bits per heavy atom. The van der Waals surface area contributed by atoms with Crippen molar-refractivity contribution in [2.45, 2.75) is 19.6 Å². The van der Waals surface area contributed by atoms with Crippen LogP contribution in [0.25, 0.3) is 0 Å². The lowest BCUT2D eigenvalue weighted by molar-refractivity contribution is 1.24. The van der Waals surface area contributed by atoms with Crippen molar-refractivity contribution in [3.63, 3.8) is 0 Å². The van der Waals surface area contributed by atoms with Crippen LogP contribution in [-0.2, 0) is 0 Å². The van der Waals surface area contributed by atoms with E-state index in [0.717, 1.165) is 46.0 Å². The van der Waals surface area contributed by atoms with Crippen LogP contribution in [0.4, 0.5) is 0 Å². The van der Waals surface area contributed by atoms with Crippen molar-refractivity contribution in [2.75, 3.05) is 46.0 Å². The molecule has 0 atom stereocenters. The van der Waals surface area contributed by atoms with E-state index in [1.807, 2.05) is 47.0 Å². The van der Waals surface area contributed by atoms with Gasteiger partial charge < -0.3 is 0 Å². The summed E-state index contributed by atoms with van der Waals surface area (Å²) in [5.41, 5.74) is 0. The molecule has 2 aromatic carbocycles. The molecule has 2 rings (SSSR count). The fourth-order valence-electron chi connectivity index (χ4n) is 1.98. The predicted molar refractivity (Wildman–Crippen MR) is 151 cm³/mol. The molecule has 0 nitrogen and oxygen atoms in total. The van der Waals surface area contributed by atoms with Crippen molar-refractivity contribution in [3.05, 3.63) is 48.5 Å². The molecule has 0 spiro atoms. The van der Waals surface area contributed by atoms with E-state index in [9.17, 15) is 0 Å². The summed E-state index contributed by atoms with van der Waals surface area (Å²) in [5.74, 6) is 8.00.